The SMILES string of the molecule is COC(=O)c1cc([N+](=O)[O-])c2ncccc2c1. The van der Waals surface area contributed by atoms with Gasteiger partial charge in [-0.25, -0.2) is 9.78 Å². The normalized spacial score (nSPS) is 10.2. The lowest BCUT2D eigenvalue weighted by atomic mass is 10.1. The second-order valence-electron chi connectivity index (χ2n) is 3.32. The van der Waals surface area contributed by atoms with Crippen LogP contribution in [0.5, 0.6) is 0 Å². The minimum Gasteiger partial charge on any atom is -0.465 e. The first-order valence-electron chi connectivity index (χ1n) is 4.75. The maximum absolute atomic E-state index is 11.4. The van der Waals surface area contributed by atoms with Crippen molar-refractivity contribution in [3.8, 4) is 0 Å². The van der Waals surface area contributed by atoms with Gasteiger partial charge in [0.1, 0.15) is 5.52 Å². The third-order valence-corrected chi connectivity index (χ3v) is 2.30. The molecule has 0 aliphatic heterocycles. The number of non-ortho nitro benzene ring substituents is 1. The first-order chi connectivity index (χ1) is 8.13. The zero-order chi connectivity index (χ0) is 12.4. The van der Waals surface area contributed by atoms with Gasteiger partial charge in [-0.05, 0) is 12.1 Å². The lowest BCUT2D eigenvalue weighted by Crippen LogP contribution is -2.03. The highest BCUT2D eigenvalue weighted by Gasteiger charge is 2.18. The van der Waals surface area contributed by atoms with Crippen LogP contribution < -0.4 is 0 Å². The predicted octanol–water partition coefficient (Wildman–Crippen LogP) is 1.93. The van der Waals surface area contributed by atoms with E-state index in [1.54, 1.807) is 12.1 Å². The van der Waals surface area contributed by atoms with E-state index in [1.165, 1.54) is 25.4 Å². The third-order valence-electron chi connectivity index (χ3n) is 2.30. The molecule has 1 aromatic heterocycles. The lowest BCUT2D eigenvalue weighted by Gasteiger charge is -2.02. The van der Waals surface area contributed by atoms with Crippen LogP contribution in [0.3, 0.4) is 0 Å². The summed E-state index contributed by atoms with van der Waals surface area (Å²) in [4.78, 5) is 25.6. The molecule has 0 unspecified atom stereocenters. The Morgan fingerprint density at radius 3 is 2.88 bits per heavy atom. The number of benzene rings is 1. The van der Waals surface area contributed by atoms with Crippen molar-refractivity contribution < 1.29 is 14.5 Å². The molecule has 0 spiro atoms. The second kappa shape index (κ2) is 4.17. The zero-order valence-corrected chi connectivity index (χ0v) is 8.91. The van der Waals surface area contributed by atoms with Crippen LogP contribution in [0.1, 0.15) is 10.4 Å². The van der Waals surface area contributed by atoms with Gasteiger partial charge in [0.25, 0.3) is 5.69 Å². The molecule has 0 N–H and O–H groups in total. The van der Waals surface area contributed by atoms with E-state index in [9.17, 15) is 14.9 Å². The number of nitrogens with zero attached hydrogens (tertiary/aromatic N) is 2. The maximum atomic E-state index is 11.4. The number of ether oxygens (including phenoxy) is 1. The van der Waals surface area contributed by atoms with Crippen molar-refractivity contribution in [2.45, 2.75) is 0 Å². The summed E-state index contributed by atoms with van der Waals surface area (Å²) in [5.41, 5.74) is 0.188. The van der Waals surface area contributed by atoms with Crippen LogP contribution in [0, 0.1) is 10.1 Å². The number of fused-ring (bicyclic) bond motifs is 1. The summed E-state index contributed by atoms with van der Waals surface area (Å²) in [6, 6.07) is 5.98. The average molecular weight is 232 g/mol. The van der Waals surface area contributed by atoms with E-state index in [-0.39, 0.29) is 16.8 Å². The van der Waals surface area contributed by atoms with Gasteiger partial charge in [-0.15, -0.1) is 0 Å². The zero-order valence-electron chi connectivity index (χ0n) is 8.91. The van der Waals surface area contributed by atoms with Crippen LogP contribution in [-0.4, -0.2) is 23.0 Å². The highest BCUT2D eigenvalue weighted by molar-refractivity contribution is 5.98. The van der Waals surface area contributed by atoms with E-state index >= 15 is 0 Å². The van der Waals surface area contributed by atoms with Crippen LogP contribution in [-0.2, 0) is 4.74 Å². The van der Waals surface area contributed by atoms with Gasteiger partial charge in [0, 0.05) is 17.6 Å². The molecule has 0 amide bonds. The number of carbonyl (C=O) groups excluding carboxylic acids is 1. The standard InChI is InChI=1S/C11H8N2O4/c1-17-11(14)8-5-7-3-2-4-12-10(7)9(6-8)13(15)16/h2-6H,1H3. The first kappa shape index (κ1) is 11.0. The van der Waals surface area contributed by atoms with Crippen molar-refractivity contribution in [1.82, 2.24) is 4.98 Å². The fourth-order valence-corrected chi connectivity index (χ4v) is 1.55. The van der Waals surface area contributed by atoms with Gasteiger partial charge in [-0.2, -0.15) is 0 Å². The van der Waals surface area contributed by atoms with Gasteiger partial charge < -0.3 is 4.74 Å². The summed E-state index contributed by atoms with van der Waals surface area (Å²) >= 11 is 0. The minimum atomic E-state index is -0.612. The van der Waals surface area contributed by atoms with Gasteiger partial charge in [0.2, 0.25) is 0 Å². The highest BCUT2D eigenvalue weighted by atomic mass is 16.6. The Morgan fingerprint density at radius 1 is 1.47 bits per heavy atom. The van der Waals surface area contributed by atoms with E-state index in [2.05, 4.69) is 9.72 Å². The van der Waals surface area contributed by atoms with Crippen LogP contribution >= 0.6 is 0 Å². The van der Waals surface area contributed by atoms with Gasteiger partial charge >= 0.3 is 5.97 Å². The summed E-state index contributed by atoms with van der Waals surface area (Å²) in [5.74, 6) is -0.612. The molecule has 86 valence electrons. The number of hydrogen-bond donors (Lipinski definition) is 0. The van der Waals surface area contributed by atoms with Crippen molar-refractivity contribution in [1.29, 1.82) is 0 Å². The Balaban J connectivity index is 2.76. The van der Waals surface area contributed by atoms with Gasteiger partial charge in [-0.3, -0.25) is 10.1 Å². The number of aromatic nitrogens is 1. The first-order valence-corrected chi connectivity index (χ1v) is 4.75. The minimum absolute atomic E-state index is 0.139. The monoisotopic (exact) mass is 232 g/mol. The van der Waals surface area contributed by atoms with E-state index in [0.29, 0.717) is 5.39 Å². The van der Waals surface area contributed by atoms with Crippen LogP contribution in [0.2, 0.25) is 0 Å². The number of methoxy groups -OCH3 is 1. The summed E-state index contributed by atoms with van der Waals surface area (Å²) in [6.07, 6.45) is 1.47. The predicted molar refractivity (Wildman–Crippen MR) is 59.7 cm³/mol. The van der Waals surface area contributed by atoms with Crippen molar-refractivity contribution in [2.24, 2.45) is 0 Å². The molecular formula is C11H8N2O4. The molecule has 1 heterocycles. The van der Waals surface area contributed by atoms with Crippen molar-refractivity contribution >= 4 is 22.6 Å². The molecule has 6 nitrogen and oxygen atoms in total. The number of esters is 1. The quantitative estimate of drug-likeness (QED) is 0.448. The number of carbonyl (C=O) groups is 1. The summed E-state index contributed by atoms with van der Waals surface area (Å²) < 4.78 is 4.54. The molecule has 0 fully saturated rings. The Hall–Kier alpha value is -2.50. The fourth-order valence-electron chi connectivity index (χ4n) is 1.55. The highest BCUT2D eigenvalue weighted by Crippen LogP contribution is 2.25. The molecule has 0 saturated heterocycles. The lowest BCUT2D eigenvalue weighted by molar-refractivity contribution is -0.383. The summed E-state index contributed by atoms with van der Waals surface area (Å²) in [6.45, 7) is 0. The molecule has 0 saturated carbocycles. The molecule has 0 aliphatic carbocycles. The Morgan fingerprint density at radius 2 is 2.24 bits per heavy atom. The summed E-state index contributed by atoms with van der Waals surface area (Å²) in [5, 5.41) is 11.4. The number of nitro groups is 1. The van der Waals surface area contributed by atoms with Gasteiger partial charge in [0.05, 0.1) is 17.6 Å². The fraction of sp³-hybridized carbons (Fsp3) is 0.0909. The van der Waals surface area contributed by atoms with Crippen LogP contribution in [0.25, 0.3) is 10.9 Å². The van der Waals surface area contributed by atoms with Gasteiger partial charge in [0.15, 0.2) is 0 Å². The second-order valence-corrected chi connectivity index (χ2v) is 3.32. The largest absolute Gasteiger partial charge is 0.465 e. The summed E-state index contributed by atoms with van der Waals surface area (Å²) in [7, 11) is 1.22. The topological polar surface area (TPSA) is 82.3 Å². The van der Waals surface area contributed by atoms with E-state index in [0.717, 1.165) is 0 Å². The van der Waals surface area contributed by atoms with E-state index < -0.39 is 10.9 Å². The molecule has 2 rings (SSSR count). The third kappa shape index (κ3) is 1.92. The molecule has 17 heavy (non-hydrogen) atoms. The Kier molecular flexibility index (Phi) is 2.70. The van der Waals surface area contributed by atoms with Crippen molar-refractivity contribution in [3.05, 3.63) is 46.1 Å². The van der Waals surface area contributed by atoms with E-state index in [4.69, 9.17) is 0 Å². The molecule has 0 aliphatic rings. The Bertz CT molecular complexity index is 609. The molecule has 0 radical (unpaired) electrons. The maximum Gasteiger partial charge on any atom is 0.338 e. The Labute approximate surface area is 96.0 Å². The smallest absolute Gasteiger partial charge is 0.338 e. The molecule has 1 aromatic carbocycles. The van der Waals surface area contributed by atoms with Crippen molar-refractivity contribution in [3.63, 3.8) is 0 Å². The number of hydrogen-bond acceptors (Lipinski definition) is 5. The average Bonchev–Trinajstić information content (AvgIpc) is 2.36. The number of rotatable bonds is 2. The van der Waals surface area contributed by atoms with Crippen molar-refractivity contribution in [2.75, 3.05) is 7.11 Å². The van der Waals surface area contributed by atoms with Crippen LogP contribution in [0.4, 0.5) is 5.69 Å². The molecule has 6 heteroatoms. The van der Waals surface area contributed by atoms with E-state index in [1.807, 2.05) is 0 Å². The molecular weight excluding hydrogens is 224 g/mol. The number of nitro benzene ring substituents is 1. The molecule has 2 aromatic rings. The molecule has 0 bridgehead atoms. The molecule has 0 atom stereocenters. The van der Waals surface area contributed by atoms with Crippen LogP contribution in [0.15, 0.2) is 30.5 Å². The number of pyridine rings is 1. The van der Waals surface area contributed by atoms with Gasteiger partial charge in [-0.1, -0.05) is 6.07 Å².